The molecule has 0 saturated heterocycles. The minimum Gasteiger partial charge on any atom is -0.364 e. The van der Waals surface area contributed by atoms with Gasteiger partial charge in [0.1, 0.15) is 0 Å². The SMILES string of the molecule is CCOC(O)c1ccncc1. The van der Waals surface area contributed by atoms with Gasteiger partial charge in [0.15, 0.2) is 6.29 Å². The van der Waals surface area contributed by atoms with Crippen LogP contribution in [0.2, 0.25) is 0 Å². The zero-order valence-corrected chi connectivity index (χ0v) is 6.40. The molecule has 3 heteroatoms. The number of aliphatic hydroxyl groups is 1. The molecule has 0 aliphatic rings. The number of hydrogen-bond acceptors (Lipinski definition) is 3. The average Bonchev–Trinajstić information content (AvgIpc) is 2.07. The van der Waals surface area contributed by atoms with E-state index in [9.17, 15) is 5.11 Å². The maximum Gasteiger partial charge on any atom is 0.181 e. The molecular weight excluding hydrogens is 142 g/mol. The molecule has 3 nitrogen and oxygen atoms in total. The highest BCUT2D eigenvalue weighted by Crippen LogP contribution is 2.11. The summed E-state index contributed by atoms with van der Waals surface area (Å²) in [6.45, 7) is 2.34. The van der Waals surface area contributed by atoms with Crippen LogP contribution in [0.4, 0.5) is 0 Å². The average molecular weight is 153 g/mol. The molecule has 1 atom stereocenters. The Kier molecular flexibility index (Phi) is 3.01. The van der Waals surface area contributed by atoms with Gasteiger partial charge in [0.05, 0.1) is 0 Å². The Morgan fingerprint density at radius 3 is 2.73 bits per heavy atom. The lowest BCUT2D eigenvalue weighted by Gasteiger charge is -2.09. The fraction of sp³-hybridized carbons (Fsp3) is 0.375. The first-order chi connectivity index (χ1) is 5.34. The minimum absolute atomic E-state index is 0.503. The van der Waals surface area contributed by atoms with Gasteiger partial charge in [-0.05, 0) is 19.1 Å². The first-order valence-electron chi connectivity index (χ1n) is 3.54. The molecule has 1 unspecified atom stereocenters. The van der Waals surface area contributed by atoms with Crippen molar-refractivity contribution < 1.29 is 9.84 Å². The third kappa shape index (κ3) is 2.29. The third-order valence-corrected chi connectivity index (χ3v) is 1.32. The molecule has 0 fully saturated rings. The maximum atomic E-state index is 9.27. The highest BCUT2D eigenvalue weighted by atomic mass is 16.6. The molecule has 0 amide bonds. The summed E-state index contributed by atoms with van der Waals surface area (Å²) in [7, 11) is 0. The van der Waals surface area contributed by atoms with Crippen molar-refractivity contribution in [3.63, 3.8) is 0 Å². The van der Waals surface area contributed by atoms with Gasteiger partial charge in [0, 0.05) is 24.6 Å². The second kappa shape index (κ2) is 4.05. The topological polar surface area (TPSA) is 42.4 Å². The van der Waals surface area contributed by atoms with Gasteiger partial charge in [-0.2, -0.15) is 0 Å². The summed E-state index contributed by atoms with van der Waals surface area (Å²) in [4.78, 5) is 3.82. The Morgan fingerprint density at radius 2 is 2.18 bits per heavy atom. The van der Waals surface area contributed by atoms with Crippen molar-refractivity contribution in [1.82, 2.24) is 4.98 Å². The molecule has 60 valence electrons. The normalized spacial score (nSPS) is 12.9. The van der Waals surface area contributed by atoms with E-state index in [1.807, 2.05) is 6.92 Å². The fourth-order valence-electron chi connectivity index (χ4n) is 0.782. The van der Waals surface area contributed by atoms with Crippen LogP contribution < -0.4 is 0 Å². The standard InChI is InChI=1S/C8H11NO2/c1-2-11-8(10)7-3-5-9-6-4-7/h3-6,8,10H,2H2,1H3. The van der Waals surface area contributed by atoms with Gasteiger partial charge >= 0.3 is 0 Å². The van der Waals surface area contributed by atoms with E-state index in [1.54, 1.807) is 24.5 Å². The fourth-order valence-corrected chi connectivity index (χ4v) is 0.782. The minimum atomic E-state index is -0.817. The van der Waals surface area contributed by atoms with Crippen molar-refractivity contribution in [3.05, 3.63) is 30.1 Å². The molecule has 1 aromatic rings. The zero-order valence-electron chi connectivity index (χ0n) is 6.40. The Labute approximate surface area is 65.7 Å². The van der Waals surface area contributed by atoms with Crippen LogP contribution in [0.3, 0.4) is 0 Å². The van der Waals surface area contributed by atoms with Crippen molar-refractivity contribution in [1.29, 1.82) is 0 Å². The smallest absolute Gasteiger partial charge is 0.181 e. The molecule has 0 bridgehead atoms. The molecule has 0 aliphatic heterocycles. The number of hydrogen-bond donors (Lipinski definition) is 1. The lowest BCUT2D eigenvalue weighted by atomic mass is 10.3. The Balaban J connectivity index is 2.61. The van der Waals surface area contributed by atoms with Gasteiger partial charge in [-0.1, -0.05) is 0 Å². The predicted octanol–water partition coefficient (Wildman–Crippen LogP) is 1.11. The van der Waals surface area contributed by atoms with E-state index in [0.717, 1.165) is 5.56 Å². The molecule has 11 heavy (non-hydrogen) atoms. The van der Waals surface area contributed by atoms with Crippen LogP contribution in [0.5, 0.6) is 0 Å². The van der Waals surface area contributed by atoms with Gasteiger partial charge in [-0.3, -0.25) is 4.98 Å². The van der Waals surface area contributed by atoms with Crippen molar-refractivity contribution in [2.45, 2.75) is 13.2 Å². The monoisotopic (exact) mass is 153 g/mol. The van der Waals surface area contributed by atoms with Gasteiger partial charge in [-0.25, -0.2) is 0 Å². The van der Waals surface area contributed by atoms with E-state index < -0.39 is 6.29 Å². The second-order valence-electron chi connectivity index (χ2n) is 2.09. The van der Waals surface area contributed by atoms with Gasteiger partial charge in [-0.15, -0.1) is 0 Å². The van der Waals surface area contributed by atoms with Crippen molar-refractivity contribution >= 4 is 0 Å². The summed E-state index contributed by atoms with van der Waals surface area (Å²) in [5.41, 5.74) is 0.738. The Bertz CT molecular complexity index is 201. The molecule has 0 radical (unpaired) electrons. The summed E-state index contributed by atoms with van der Waals surface area (Å²) in [6, 6.07) is 3.45. The molecule has 1 N–H and O–H groups in total. The molecule has 0 aromatic carbocycles. The molecule has 0 saturated carbocycles. The quantitative estimate of drug-likeness (QED) is 0.661. The molecule has 1 heterocycles. The first-order valence-corrected chi connectivity index (χ1v) is 3.54. The van der Waals surface area contributed by atoms with E-state index in [-0.39, 0.29) is 0 Å². The highest BCUT2D eigenvalue weighted by molar-refractivity contribution is 5.10. The van der Waals surface area contributed by atoms with E-state index >= 15 is 0 Å². The molecule has 0 spiro atoms. The molecular formula is C8H11NO2. The number of rotatable bonds is 3. The van der Waals surface area contributed by atoms with E-state index in [1.165, 1.54) is 0 Å². The summed E-state index contributed by atoms with van der Waals surface area (Å²) in [6.07, 6.45) is 2.43. The van der Waals surface area contributed by atoms with Crippen LogP contribution in [-0.4, -0.2) is 16.7 Å². The van der Waals surface area contributed by atoms with Gasteiger partial charge in [0.25, 0.3) is 0 Å². The van der Waals surface area contributed by atoms with Crippen molar-refractivity contribution in [2.75, 3.05) is 6.61 Å². The summed E-state index contributed by atoms with van der Waals surface area (Å²) >= 11 is 0. The molecule has 0 aliphatic carbocycles. The number of ether oxygens (including phenoxy) is 1. The van der Waals surface area contributed by atoms with Crippen LogP contribution in [0.25, 0.3) is 0 Å². The van der Waals surface area contributed by atoms with Crippen molar-refractivity contribution in [3.8, 4) is 0 Å². The largest absolute Gasteiger partial charge is 0.364 e. The number of pyridine rings is 1. The Morgan fingerprint density at radius 1 is 1.55 bits per heavy atom. The van der Waals surface area contributed by atoms with Crippen LogP contribution in [0.1, 0.15) is 18.8 Å². The predicted molar refractivity (Wildman–Crippen MR) is 40.8 cm³/mol. The van der Waals surface area contributed by atoms with Gasteiger partial charge in [0.2, 0.25) is 0 Å². The summed E-state index contributed by atoms with van der Waals surface area (Å²) < 4.78 is 4.96. The number of aliphatic hydroxyl groups excluding tert-OH is 1. The lowest BCUT2D eigenvalue weighted by Crippen LogP contribution is -2.02. The number of aromatic nitrogens is 1. The van der Waals surface area contributed by atoms with E-state index in [2.05, 4.69) is 4.98 Å². The lowest BCUT2D eigenvalue weighted by molar-refractivity contribution is -0.0980. The third-order valence-electron chi connectivity index (χ3n) is 1.32. The van der Waals surface area contributed by atoms with Crippen LogP contribution in [0, 0.1) is 0 Å². The Hall–Kier alpha value is -0.930. The van der Waals surface area contributed by atoms with E-state index in [4.69, 9.17) is 4.74 Å². The van der Waals surface area contributed by atoms with Crippen LogP contribution in [-0.2, 0) is 4.74 Å². The molecule has 1 rings (SSSR count). The summed E-state index contributed by atoms with van der Waals surface area (Å²) in [5.74, 6) is 0. The van der Waals surface area contributed by atoms with E-state index in [0.29, 0.717) is 6.61 Å². The maximum absolute atomic E-state index is 9.27. The summed E-state index contributed by atoms with van der Waals surface area (Å²) in [5, 5.41) is 9.27. The second-order valence-corrected chi connectivity index (χ2v) is 2.09. The first kappa shape index (κ1) is 8.17. The van der Waals surface area contributed by atoms with Crippen molar-refractivity contribution in [2.24, 2.45) is 0 Å². The molecule has 1 aromatic heterocycles. The number of nitrogens with zero attached hydrogens (tertiary/aromatic N) is 1. The highest BCUT2D eigenvalue weighted by Gasteiger charge is 2.03. The zero-order chi connectivity index (χ0) is 8.10. The van der Waals surface area contributed by atoms with Gasteiger partial charge < -0.3 is 9.84 Å². The van der Waals surface area contributed by atoms with Crippen LogP contribution >= 0.6 is 0 Å². The van der Waals surface area contributed by atoms with Crippen LogP contribution in [0.15, 0.2) is 24.5 Å².